The molecule has 2 heterocycles. The van der Waals surface area contributed by atoms with Crippen molar-refractivity contribution in [2.45, 2.75) is 38.3 Å². The van der Waals surface area contributed by atoms with Crippen LogP contribution in [0.2, 0.25) is 0 Å². The van der Waals surface area contributed by atoms with Crippen molar-refractivity contribution in [3.05, 3.63) is 46.5 Å². The molecule has 0 saturated heterocycles. The third-order valence-corrected chi connectivity index (χ3v) is 4.21. The Morgan fingerprint density at radius 2 is 2.23 bits per heavy atom. The zero-order valence-electron chi connectivity index (χ0n) is 12.8. The van der Waals surface area contributed by atoms with Crippen LogP contribution in [-0.2, 0) is 0 Å². The smallest absolute Gasteiger partial charge is 0.315 e. The number of aliphatic hydroxyl groups is 1. The quantitative estimate of drug-likeness (QED) is 0.732. The maximum atomic E-state index is 11.9. The molecule has 0 fully saturated rings. The third kappa shape index (κ3) is 4.89. The fraction of sp³-hybridized carbons (Fsp3) is 0.438. The van der Waals surface area contributed by atoms with Crippen molar-refractivity contribution >= 4 is 17.4 Å². The lowest BCUT2D eigenvalue weighted by Gasteiger charge is -2.18. The van der Waals surface area contributed by atoms with Crippen LogP contribution < -0.4 is 10.6 Å². The van der Waals surface area contributed by atoms with Gasteiger partial charge in [0, 0.05) is 19.0 Å². The number of thiophene rings is 1. The largest absolute Gasteiger partial charge is 0.467 e. The predicted molar refractivity (Wildman–Crippen MR) is 87.0 cm³/mol. The summed E-state index contributed by atoms with van der Waals surface area (Å²) >= 11 is 1.65. The van der Waals surface area contributed by atoms with E-state index in [4.69, 9.17) is 4.42 Å². The first-order valence-electron chi connectivity index (χ1n) is 7.34. The summed E-state index contributed by atoms with van der Waals surface area (Å²) in [6.45, 7) is 4.51. The molecule has 0 aliphatic rings. The summed E-state index contributed by atoms with van der Waals surface area (Å²) < 4.78 is 5.14. The molecule has 0 spiro atoms. The molecule has 22 heavy (non-hydrogen) atoms. The van der Waals surface area contributed by atoms with Crippen LogP contribution in [0.15, 0.2) is 39.6 Å². The van der Waals surface area contributed by atoms with Gasteiger partial charge in [-0.3, -0.25) is 0 Å². The number of aliphatic hydroxyl groups excluding tert-OH is 1. The van der Waals surface area contributed by atoms with Gasteiger partial charge >= 0.3 is 6.03 Å². The molecule has 2 rings (SSSR count). The van der Waals surface area contributed by atoms with Gasteiger partial charge in [-0.1, -0.05) is 6.92 Å². The molecule has 120 valence electrons. The average molecular weight is 322 g/mol. The molecule has 0 saturated carbocycles. The van der Waals surface area contributed by atoms with E-state index in [1.165, 1.54) is 11.8 Å². The van der Waals surface area contributed by atoms with E-state index in [2.05, 4.69) is 29.0 Å². The second-order valence-corrected chi connectivity index (χ2v) is 6.26. The minimum atomic E-state index is -0.713. The van der Waals surface area contributed by atoms with E-state index in [0.29, 0.717) is 18.7 Å². The minimum Gasteiger partial charge on any atom is -0.467 e. The summed E-state index contributed by atoms with van der Waals surface area (Å²) in [5, 5.41) is 19.8. The van der Waals surface area contributed by atoms with Gasteiger partial charge in [0.05, 0.1) is 6.26 Å². The van der Waals surface area contributed by atoms with Crippen LogP contribution >= 0.6 is 11.3 Å². The van der Waals surface area contributed by atoms with Crippen LogP contribution in [0.25, 0.3) is 0 Å². The Labute approximate surface area is 134 Å². The molecule has 0 bridgehead atoms. The van der Waals surface area contributed by atoms with Crippen molar-refractivity contribution in [2.24, 2.45) is 0 Å². The van der Waals surface area contributed by atoms with Gasteiger partial charge in [0.2, 0.25) is 0 Å². The summed E-state index contributed by atoms with van der Waals surface area (Å²) in [5.41, 5.74) is 1.23. The molecule has 0 aromatic carbocycles. The lowest BCUT2D eigenvalue weighted by Crippen LogP contribution is -2.42. The van der Waals surface area contributed by atoms with E-state index in [1.54, 1.807) is 23.5 Å². The van der Waals surface area contributed by atoms with Crippen LogP contribution in [0.4, 0.5) is 4.79 Å². The van der Waals surface area contributed by atoms with Crippen molar-refractivity contribution in [3.63, 3.8) is 0 Å². The molecule has 0 aliphatic carbocycles. The van der Waals surface area contributed by atoms with Gasteiger partial charge in [-0.2, -0.15) is 11.3 Å². The topological polar surface area (TPSA) is 74.5 Å². The van der Waals surface area contributed by atoms with Gasteiger partial charge in [-0.15, -0.1) is 0 Å². The van der Waals surface area contributed by atoms with Gasteiger partial charge in [-0.25, -0.2) is 4.79 Å². The monoisotopic (exact) mass is 322 g/mol. The Balaban J connectivity index is 1.70. The third-order valence-electron chi connectivity index (χ3n) is 3.51. The number of furan rings is 1. The van der Waals surface area contributed by atoms with Crippen molar-refractivity contribution in [1.29, 1.82) is 0 Å². The van der Waals surface area contributed by atoms with Crippen LogP contribution in [0.1, 0.15) is 43.6 Å². The molecule has 2 aromatic rings. The van der Waals surface area contributed by atoms with E-state index < -0.39 is 6.10 Å². The number of hydrogen-bond donors (Lipinski definition) is 3. The second kappa shape index (κ2) is 8.00. The standard InChI is InChI=1S/C16H22N2O3S/c1-11(13-5-7-22-10-13)9-17-16(20)18-12(2)8-14(19)15-4-3-6-21-15/h3-7,10-12,14,19H,8-9H2,1-2H3,(H2,17,18,20)/t11-,12-,14-/m1/s1. The summed E-state index contributed by atoms with van der Waals surface area (Å²) in [6, 6.07) is 5.14. The maximum absolute atomic E-state index is 11.9. The molecule has 0 aliphatic heterocycles. The summed E-state index contributed by atoms with van der Waals surface area (Å²) in [5.74, 6) is 0.793. The SMILES string of the molecule is C[C@H](C[C@@H](O)c1ccco1)NC(=O)NC[C@@H](C)c1ccsc1. The van der Waals surface area contributed by atoms with Crippen LogP contribution in [-0.4, -0.2) is 23.7 Å². The highest BCUT2D eigenvalue weighted by atomic mass is 32.1. The van der Waals surface area contributed by atoms with Gasteiger partial charge in [0.1, 0.15) is 11.9 Å². The van der Waals surface area contributed by atoms with E-state index in [0.717, 1.165) is 0 Å². The minimum absolute atomic E-state index is 0.156. The molecule has 0 radical (unpaired) electrons. The van der Waals surface area contributed by atoms with Gasteiger partial charge in [0.15, 0.2) is 0 Å². The molecule has 0 unspecified atom stereocenters. The van der Waals surface area contributed by atoms with Crippen LogP contribution in [0, 0.1) is 0 Å². The van der Waals surface area contributed by atoms with Crippen LogP contribution in [0.5, 0.6) is 0 Å². The van der Waals surface area contributed by atoms with Gasteiger partial charge < -0.3 is 20.2 Å². The van der Waals surface area contributed by atoms with E-state index in [-0.39, 0.29) is 18.0 Å². The number of carbonyl (C=O) groups excluding carboxylic acids is 1. The molecule has 2 amide bonds. The zero-order valence-corrected chi connectivity index (χ0v) is 13.6. The fourth-order valence-electron chi connectivity index (χ4n) is 2.18. The summed E-state index contributed by atoms with van der Waals surface area (Å²) in [7, 11) is 0. The number of amides is 2. The number of hydrogen-bond acceptors (Lipinski definition) is 4. The molecule has 5 nitrogen and oxygen atoms in total. The van der Waals surface area contributed by atoms with Gasteiger partial charge in [0.25, 0.3) is 0 Å². The number of rotatable bonds is 7. The highest BCUT2D eigenvalue weighted by molar-refractivity contribution is 7.07. The Bertz CT molecular complexity index is 554. The van der Waals surface area contributed by atoms with Gasteiger partial charge in [-0.05, 0) is 47.4 Å². The zero-order chi connectivity index (χ0) is 15.9. The van der Waals surface area contributed by atoms with E-state index >= 15 is 0 Å². The average Bonchev–Trinajstić information content (AvgIpc) is 3.16. The highest BCUT2D eigenvalue weighted by Crippen LogP contribution is 2.19. The maximum Gasteiger partial charge on any atom is 0.315 e. The Kier molecular flexibility index (Phi) is 6.03. The Hall–Kier alpha value is -1.79. The Morgan fingerprint density at radius 3 is 2.86 bits per heavy atom. The lowest BCUT2D eigenvalue weighted by molar-refractivity contribution is 0.129. The summed E-state index contributed by atoms with van der Waals surface area (Å²) in [4.78, 5) is 11.9. The molecular weight excluding hydrogens is 300 g/mol. The van der Waals surface area contributed by atoms with Crippen molar-refractivity contribution in [2.75, 3.05) is 6.54 Å². The molecule has 2 aromatic heterocycles. The van der Waals surface area contributed by atoms with Crippen molar-refractivity contribution in [1.82, 2.24) is 10.6 Å². The number of urea groups is 1. The molecule has 6 heteroatoms. The Morgan fingerprint density at radius 1 is 1.41 bits per heavy atom. The molecular formula is C16H22N2O3S. The number of nitrogens with one attached hydrogen (secondary N) is 2. The fourth-order valence-corrected chi connectivity index (χ4v) is 2.97. The van der Waals surface area contributed by atoms with Crippen LogP contribution in [0.3, 0.4) is 0 Å². The van der Waals surface area contributed by atoms with Crippen molar-refractivity contribution < 1.29 is 14.3 Å². The predicted octanol–water partition coefficient (Wildman–Crippen LogP) is 3.26. The summed E-state index contributed by atoms with van der Waals surface area (Å²) in [6.07, 6.45) is 1.21. The normalized spacial score (nSPS) is 15.0. The second-order valence-electron chi connectivity index (χ2n) is 5.48. The van der Waals surface area contributed by atoms with Crippen molar-refractivity contribution in [3.8, 4) is 0 Å². The van der Waals surface area contributed by atoms with E-state index in [1.807, 2.05) is 12.3 Å². The lowest BCUT2D eigenvalue weighted by atomic mass is 10.1. The molecule has 3 N–H and O–H groups in total. The molecule has 3 atom stereocenters. The number of carbonyl (C=O) groups is 1. The first-order chi connectivity index (χ1) is 10.6. The first-order valence-corrected chi connectivity index (χ1v) is 8.28. The van der Waals surface area contributed by atoms with E-state index in [9.17, 15) is 9.90 Å². The highest BCUT2D eigenvalue weighted by Gasteiger charge is 2.16. The first kappa shape index (κ1) is 16.6.